The van der Waals surface area contributed by atoms with Crippen LogP contribution in [0.15, 0.2) is 60.8 Å². The molecule has 2 aromatic carbocycles. The lowest BCUT2D eigenvalue weighted by Crippen LogP contribution is -2.30. The summed E-state index contributed by atoms with van der Waals surface area (Å²) in [6.45, 7) is 3.58. The molecule has 2 nitrogen and oxygen atoms in total. The van der Waals surface area contributed by atoms with Crippen molar-refractivity contribution in [2.24, 2.45) is 0 Å². The molecule has 5 heteroatoms. The Morgan fingerprint density at radius 1 is 1.00 bits per heavy atom. The van der Waals surface area contributed by atoms with E-state index in [1.54, 1.807) is 6.20 Å². The summed E-state index contributed by atoms with van der Waals surface area (Å²) in [6, 6.07) is 15.2. The van der Waals surface area contributed by atoms with E-state index in [4.69, 9.17) is 0 Å². The van der Waals surface area contributed by atoms with Gasteiger partial charge in [-0.25, -0.2) is 13.2 Å². The zero-order valence-electron chi connectivity index (χ0n) is 16.8. The van der Waals surface area contributed by atoms with Crippen LogP contribution in [0.1, 0.15) is 23.1 Å². The summed E-state index contributed by atoms with van der Waals surface area (Å²) in [7, 11) is 0. The summed E-state index contributed by atoms with van der Waals surface area (Å²) >= 11 is 0. The second kappa shape index (κ2) is 8.84. The van der Waals surface area contributed by atoms with Crippen LogP contribution in [0.25, 0.3) is 16.8 Å². The number of hydrogen-bond donors (Lipinski definition) is 0. The zero-order chi connectivity index (χ0) is 21.1. The first-order chi connectivity index (χ1) is 14.5. The van der Waals surface area contributed by atoms with E-state index in [0.29, 0.717) is 13.0 Å². The predicted octanol–water partition coefficient (Wildman–Crippen LogP) is 5.81. The first kappa shape index (κ1) is 20.4. The van der Waals surface area contributed by atoms with Gasteiger partial charge in [-0.15, -0.1) is 0 Å². The van der Waals surface area contributed by atoms with Gasteiger partial charge in [-0.3, -0.25) is 9.88 Å². The minimum Gasteiger partial charge on any atom is -0.299 e. The van der Waals surface area contributed by atoms with Crippen molar-refractivity contribution in [2.45, 2.75) is 19.8 Å². The van der Waals surface area contributed by atoms with Crippen LogP contribution in [-0.2, 0) is 6.42 Å². The number of aromatic nitrogens is 1. The summed E-state index contributed by atoms with van der Waals surface area (Å²) in [6.07, 6.45) is 5.22. The van der Waals surface area contributed by atoms with E-state index >= 15 is 0 Å². The molecule has 2 heterocycles. The average Bonchev–Trinajstić information content (AvgIpc) is 2.80. The first-order valence-electron chi connectivity index (χ1n) is 10.1. The molecule has 0 amide bonds. The van der Waals surface area contributed by atoms with Crippen LogP contribution in [-0.4, -0.2) is 29.5 Å². The summed E-state index contributed by atoms with van der Waals surface area (Å²) in [4.78, 5) is 6.64. The third-order valence-corrected chi connectivity index (χ3v) is 5.65. The van der Waals surface area contributed by atoms with Crippen molar-refractivity contribution in [1.82, 2.24) is 9.88 Å². The highest BCUT2D eigenvalue weighted by Crippen LogP contribution is 2.29. The monoisotopic (exact) mass is 408 g/mol. The second-order valence-electron chi connectivity index (χ2n) is 7.60. The third-order valence-electron chi connectivity index (χ3n) is 5.65. The molecule has 0 radical (unpaired) electrons. The smallest absolute Gasteiger partial charge is 0.164 e. The van der Waals surface area contributed by atoms with Gasteiger partial charge in [-0.2, -0.15) is 0 Å². The Morgan fingerprint density at radius 3 is 2.47 bits per heavy atom. The van der Waals surface area contributed by atoms with Gasteiger partial charge in [0, 0.05) is 42.5 Å². The molecule has 0 spiro atoms. The van der Waals surface area contributed by atoms with Crippen LogP contribution in [0.5, 0.6) is 0 Å². The number of halogens is 3. The molecule has 1 aromatic heterocycles. The Hall–Kier alpha value is -2.92. The Balaban J connectivity index is 1.37. The number of nitrogens with zero attached hydrogens (tertiary/aromatic N) is 2. The highest BCUT2D eigenvalue weighted by atomic mass is 19.2. The van der Waals surface area contributed by atoms with Crippen LogP contribution in [0.2, 0.25) is 0 Å². The molecule has 0 saturated carbocycles. The number of rotatable bonds is 5. The van der Waals surface area contributed by atoms with Crippen LogP contribution in [0.4, 0.5) is 13.2 Å². The second-order valence-corrected chi connectivity index (χ2v) is 7.60. The van der Waals surface area contributed by atoms with Crippen molar-refractivity contribution >= 4 is 5.57 Å². The number of pyridine rings is 1. The minimum absolute atomic E-state index is 0.177. The fourth-order valence-electron chi connectivity index (χ4n) is 3.79. The first-order valence-corrected chi connectivity index (χ1v) is 10.1. The normalized spacial score (nSPS) is 14.6. The Kier molecular flexibility index (Phi) is 6.00. The Bertz CT molecular complexity index is 1060. The highest BCUT2D eigenvalue weighted by Gasteiger charge is 2.20. The molecule has 1 aliphatic rings. The number of benzene rings is 2. The van der Waals surface area contributed by atoms with Gasteiger partial charge in [-0.05, 0) is 49.1 Å². The average molecular weight is 408 g/mol. The lowest BCUT2D eigenvalue weighted by Gasteiger charge is -2.27. The molecule has 4 rings (SSSR count). The van der Waals surface area contributed by atoms with Crippen molar-refractivity contribution < 1.29 is 13.2 Å². The molecule has 0 saturated heterocycles. The van der Waals surface area contributed by atoms with Crippen molar-refractivity contribution in [3.63, 3.8) is 0 Å². The standard InChI is InChI=1S/C25H23F3N2/c1-17-24(27)21(16-22(26)25(17)28)19-10-14-30(15-11-19)13-9-18-5-7-20(8-6-18)23-4-2-3-12-29-23/h2-8,10,12,16H,9,11,13-15H2,1H3. The lowest BCUT2D eigenvalue weighted by molar-refractivity contribution is 0.305. The predicted molar refractivity (Wildman–Crippen MR) is 113 cm³/mol. The van der Waals surface area contributed by atoms with Gasteiger partial charge in [0.15, 0.2) is 11.6 Å². The third kappa shape index (κ3) is 4.31. The molecule has 3 aromatic rings. The van der Waals surface area contributed by atoms with Gasteiger partial charge in [-0.1, -0.05) is 36.4 Å². The van der Waals surface area contributed by atoms with E-state index in [-0.39, 0.29) is 11.1 Å². The molecule has 0 N–H and O–H groups in total. The summed E-state index contributed by atoms with van der Waals surface area (Å²) in [5, 5.41) is 0. The molecule has 0 aliphatic carbocycles. The molecule has 154 valence electrons. The van der Waals surface area contributed by atoms with Gasteiger partial charge in [0.1, 0.15) is 5.82 Å². The largest absolute Gasteiger partial charge is 0.299 e. The summed E-state index contributed by atoms with van der Waals surface area (Å²) in [5.74, 6) is -2.77. The molecule has 0 bridgehead atoms. The van der Waals surface area contributed by atoms with Crippen LogP contribution in [0, 0.1) is 24.4 Å². The molecular formula is C25H23F3N2. The minimum atomic E-state index is -1.11. The zero-order valence-corrected chi connectivity index (χ0v) is 16.8. The van der Waals surface area contributed by atoms with Crippen molar-refractivity contribution in [1.29, 1.82) is 0 Å². The van der Waals surface area contributed by atoms with Crippen molar-refractivity contribution in [2.75, 3.05) is 19.6 Å². The van der Waals surface area contributed by atoms with E-state index in [2.05, 4.69) is 34.1 Å². The lowest BCUT2D eigenvalue weighted by atomic mass is 9.96. The van der Waals surface area contributed by atoms with Crippen molar-refractivity contribution in [3.05, 3.63) is 94.9 Å². The van der Waals surface area contributed by atoms with Gasteiger partial charge < -0.3 is 0 Å². The maximum Gasteiger partial charge on any atom is 0.164 e. The van der Waals surface area contributed by atoms with Gasteiger partial charge in [0.05, 0.1) is 5.69 Å². The van der Waals surface area contributed by atoms with Crippen molar-refractivity contribution in [3.8, 4) is 11.3 Å². The molecule has 0 unspecified atom stereocenters. The van der Waals surface area contributed by atoms with Crippen LogP contribution < -0.4 is 0 Å². The van der Waals surface area contributed by atoms with Crippen LogP contribution in [0.3, 0.4) is 0 Å². The van der Waals surface area contributed by atoms with E-state index in [1.807, 2.05) is 24.3 Å². The van der Waals surface area contributed by atoms with E-state index in [0.717, 1.165) is 42.4 Å². The van der Waals surface area contributed by atoms with Gasteiger partial charge in [0.2, 0.25) is 0 Å². The topological polar surface area (TPSA) is 16.1 Å². The number of hydrogen-bond acceptors (Lipinski definition) is 2. The highest BCUT2D eigenvalue weighted by molar-refractivity contribution is 5.68. The fraction of sp³-hybridized carbons (Fsp3) is 0.240. The molecule has 30 heavy (non-hydrogen) atoms. The molecule has 0 atom stereocenters. The van der Waals surface area contributed by atoms with Gasteiger partial charge in [0.25, 0.3) is 0 Å². The van der Waals surface area contributed by atoms with Gasteiger partial charge >= 0.3 is 0 Å². The quantitative estimate of drug-likeness (QED) is 0.496. The SMILES string of the molecule is Cc1c(F)c(F)cc(C2=CCN(CCc3ccc(-c4ccccn4)cc3)CC2)c1F. The summed E-state index contributed by atoms with van der Waals surface area (Å²) in [5.41, 5.74) is 3.95. The maximum atomic E-state index is 14.4. The summed E-state index contributed by atoms with van der Waals surface area (Å²) < 4.78 is 41.6. The molecule has 1 aliphatic heterocycles. The van der Waals surface area contributed by atoms with Crippen LogP contribution >= 0.6 is 0 Å². The fourth-order valence-corrected chi connectivity index (χ4v) is 3.79. The Morgan fingerprint density at radius 2 is 1.80 bits per heavy atom. The van der Waals surface area contributed by atoms with E-state index < -0.39 is 17.5 Å². The molecule has 0 fully saturated rings. The molecular weight excluding hydrogens is 385 g/mol. The maximum absolute atomic E-state index is 14.4. The van der Waals surface area contributed by atoms with E-state index in [9.17, 15) is 13.2 Å². The Labute approximate surface area is 174 Å². The van der Waals surface area contributed by atoms with E-state index in [1.165, 1.54) is 12.5 Å².